The number of likely N-dealkylation sites (tertiary alicyclic amines) is 1. The minimum atomic E-state index is -1.66. The van der Waals surface area contributed by atoms with Gasteiger partial charge in [-0.3, -0.25) is 43.3 Å². The molecule has 376 valence electrons. The number of aliphatic carboxylic acids is 1. The Morgan fingerprint density at radius 3 is 1.83 bits per heavy atom. The van der Waals surface area contributed by atoms with E-state index in [1.807, 2.05) is 13.8 Å². The van der Waals surface area contributed by atoms with Crippen LogP contribution in [0.5, 0.6) is 0 Å². The van der Waals surface area contributed by atoms with Crippen molar-refractivity contribution < 1.29 is 58.5 Å². The van der Waals surface area contributed by atoms with E-state index in [4.69, 9.17) is 22.9 Å². The molecule has 1 heterocycles. The molecule has 8 amide bonds. The fourth-order valence-corrected chi connectivity index (χ4v) is 7.01. The van der Waals surface area contributed by atoms with Crippen molar-refractivity contribution in [2.45, 2.75) is 154 Å². The Labute approximate surface area is 385 Å². The van der Waals surface area contributed by atoms with Crippen LogP contribution in [-0.4, -0.2) is 167 Å². The molecule has 0 aromatic heterocycles. The first-order valence-corrected chi connectivity index (χ1v) is 22.4. The molecule has 0 saturated carbocycles. The number of hydrogen-bond acceptors (Lipinski definition) is 14. The van der Waals surface area contributed by atoms with Crippen LogP contribution in [0.4, 0.5) is 0 Å². The number of aliphatic hydroxyl groups is 2. The molecule has 1 aliphatic rings. The zero-order valence-electron chi connectivity index (χ0n) is 39.0. The summed E-state index contributed by atoms with van der Waals surface area (Å²) in [5, 5.41) is 47.8. The number of unbranched alkanes of at least 4 members (excludes halogenated alkanes) is 1. The average Bonchev–Trinajstić information content (AvgIpc) is 3.76. The smallest absolute Gasteiger partial charge is 0.326 e. The Balaban J connectivity index is 3.24. The number of aliphatic imine (C=N–C) groups is 1. The van der Waals surface area contributed by atoms with Gasteiger partial charge in [-0.25, -0.2) is 4.79 Å². The zero-order chi connectivity index (χ0) is 50.3. The van der Waals surface area contributed by atoms with Gasteiger partial charge in [0.05, 0.1) is 19.3 Å². The molecule has 0 aromatic rings. The quantitative estimate of drug-likeness (QED) is 0.0182. The third-order valence-electron chi connectivity index (χ3n) is 10.9. The van der Waals surface area contributed by atoms with Gasteiger partial charge in [-0.05, 0) is 83.6 Å². The second-order valence-electron chi connectivity index (χ2n) is 16.9. The molecule has 0 aliphatic carbocycles. The molecule has 0 bridgehead atoms. The van der Waals surface area contributed by atoms with E-state index in [2.05, 4.69) is 42.2 Å². The summed E-state index contributed by atoms with van der Waals surface area (Å²) in [7, 11) is 0. The van der Waals surface area contributed by atoms with Crippen molar-refractivity contribution in [1.29, 1.82) is 0 Å². The summed E-state index contributed by atoms with van der Waals surface area (Å²) in [6, 6.07) is -10.6. The molecule has 1 fully saturated rings. The first-order chi connectivity index (χ1) is 31.0. The number of nitrogens with one attached hydrogen (secondary N) is 7. The van der Waals surface area contributed by atoms with E-state index in [0.29, 0.717) is 32.2 Å². The molecule has 0 spiro atoms. The lowest BCUT2D eigenvalue weighted by Crippen LogP contribution is -2.62. The molecule has 1 saturated heterocycles. The summed E-state index contributed by atoms with van der Waals surface area (Å²) in [6.45, 7) is 8.90. The predicted octanol–water partition coefficient (Wildman–Crippen LogP) is -4.92. The van der Waals surface area contributed by atoms with Crippen molar-refractivity contribution in [3.8, 4) is 0 Å². The van der Waals surface area contributed by atoms with Crippen molar-refractivity contribution in [2.75, 3.05) is 32.8 Å². The van der Waals surface area contributed by atoms with Crippen LogP contribution in [0.2, 0.25) is 0 Å². The number of carbonyl (C=O) groups is 9. The van der Waals surface area contributed by atoms with Crippen molar-refractivity contribution in [1.82, 2.24) is 42.1 Å². The third kappa shape index (κ3) is 19.8. The molecule has 0 radical (unpaired) electrons. The highest BCUT2D eigenvalue weighted by Crippen LogP contribution is 2.19. The molecule has 25 nitrogen and oxygen atoms in total. The molecule has 1 rings (SSSR count). The molecule has 66 heavy (non-hydrogen) atoms. The van der Waals surface area contributed by atoms with Gasteiger partial charge in [0, 0.05) is 13.1 Å². The topological polar surface area (TPSA) is 418 Å². The van der Waals surface area contributed by atoms with Crippen LogP contribution in [0.25, 0.3) is 0 Å². The van der Waals surface area contributed by atoms with Gasteiger partial charge in [0.1, 0.15) is 48.3 Å². The number of carboxylic acid groups (broad SMARTS) is 1. The minimum absolute atomic E-state index is 0.00914. The Hall–Kier alpha value is -5.66. The van der Waals surface area contributed by atoms with E-state index in [9.17, 15) is 58.5 Å². The lowest BCUT2D eigenvalue weighted by Gasteiger charge is -2.30. The predicted molar refractivity (Wildman–Crippen MR) is 241 cm³/mol. The van der Waals surface area contributed by atoms with Crippen molar-refractivity contribution >= 4 is 59.2 Å². The number of aliphatic hydroxyl groups excluding tert-OH is 2. The normalized spacial score (nSPS) is 17.6. The van der Waals surface area contributed by atoms with Gasteiger partial charge < -0.3 is 80.4 Å². The van der Waals surface area contributed by atoms with Crippen LogP contribution in [0.3, 0.4) is 0 Å². The van der Waals surface area contributed by atoms with Crippen molar-refractivity contribution in [3.63, 3.8) is 0 Å². The fraction of sp³-hybridized carbons (Fsp3) is 0.756. The standard InChI is InChI=1S/C41H75N13O12/c1-7-22(4)31(37(62)49-25(13-10-16-46-41(44)45)33(58)53-32(24(6)56)38(63)50-26(40(65)66)12-8-9-15-42)52-35(60)28(20-55)51-36(61)29-14-11-17-54(29)39(64)23(5)47-34(59)27(18-21(2)3)48-30(57)19-43/h21-29,31-32,55-56H,7-20,42-43H2,1-6H3,(H,47,59)(H,48,57)(H,49,62)(H,50,63)(H,51,61)(H,52,60)(H,53,58)(H,65,66)(H4,44,45,46)/t22-,23-,24+,25-,26-,27-,28-,29-,31-,32-/m0/s1. The molecule has 0 unspecified atom stereocenters. The maximum atomic E-state index is 14.0. The number of hydrogen-bond donors (Lipinski definition) is 14. The van der Waals surface area contributed by atoms with Crippen LogP contribution in [-0.2, 0) is 43.2 Å². The zero-order valence-corrected chi connectivity index (χ0v) is 39.0. The van der Waals surface area contributed by atoms with Gasteiger partial charge >= 0.3 is 5.97 Å². The number of nitrogens with two attached hydrogens (primary N) is 4. The summed E-state index contributed by atoms with van der Waals surface area (Å²) in [4.78, 5) is 124. The van der Waals surface area contributed by atoms with Gasteiger partial charge in [0.15, 0.2) is 5.96 Å². The third-order valence-corrected chi connectivity index (χ3v) is 10.9. The average molecular weight is 942 g/mol. The lowest BCUT2D eigenvalue weighted by molar-refractivity contribution is -0.143. The van der Waals surface area contributed by atoms with Gasteiger partial charge in [-0.2, -0.15) is 0 Å². The van der Waals surface area contributed by atoms with E-state index < -0.39 is 120 Å². The largest absolute Gasteiger partial charge is 0.480 e. The maximum absolute atomic E-state index is 14.0. The van der Waals surface area contributed by atoms with E-state index in [0.717, 1.165) is 0 Å². The molecule has 0 aromatic carbocycles. The molecule has 10 atom stereocenters. The summed E-state index contributed by atoms with van der Waals surface area (Å²) < 4.78 is 0. The van der Waals surface area contributed by atoms with Crippen LogP contribution in [0.1, 0.15) is 99.3 Å². The maximum Gasteiger partial charge on any atom is 0.326 e. The van der Waals surface area contributed by atoms with E-state index in [-0.39, 0.29) is 63.6 Å². The molecule has 18 N–H and O–H groups in total. The van der Waals surface area contributed by atoms with Gasteiger partial charge in [-0.1, -0.05) is 34.1 Å². The Morgan fingerprint density at radius 2 is 1.29 bits per heavy atom. The second kappa shape index (κ2) is 29.8. The van der Waals surface area contributed by atoms with Gasteiger partial charge in [-0.15, -0.1) is 0 Å². The number of amides is 8. The number of carboxylic acids is 1. The Bertz CT molecular complexity index is 1680. The van der Waals surface area contributed by atoms with Crippen LogP contribution < -0.4 is 60.2 Å². The monoisotopic (exact) mass is 942 g/mol. The summed E-state index contributed by atoms with van der Waals surface area (Å²) >= 11 is 0. The van der Waals surface area contributed by atoms with E-state index >= 15 is 0 Å². The highest BCUT2D eigenvalue weighted by molar-refractivity contribution is 5.98. The first kappa shape index (κ1) is 58.4. The van der Waals surface area contributed by atoms with Crippen LogP contribution in [0, 0.1) is 11.8 Å². The summed E-state index contributed by atoms with van der Waals surface area (Å²) in [5.74, 6) is -8.51. The number of guanidine groups is 1. The highest BCUT2D eigenvalue weighted by Gasteiger charge is 2.40. The molecular weight excluding hydrogens is 867 g/mol. The molecule has 25 heteroatoms. The number of carbonyl (C=O) groups excluding carboxylic acids is 8. The minimum Gasteiger partial charge on any atom is -0.480 e. The number of rotatable bonds is 30. The highest BCUT2D eigenvalue weighted by atomic mass is 16.4. The Kier molecular flexibility index (Phi) is 26.3. The molecular formula is C41H75N13O12. The van der Waals surface area contributed by atoms with E-state index in [1.54, 1.807) is 13.8 Å². The van der Waals surface area contributed by atoms with Crippen LogP contribution in [0.15, 0.2) is 4.99 Å². The Morgan fingerprint density at radius 1 is 0.712 bits per heavy atom. The first-order valence-electron chi connectivity index (χ1n) is 22.4. The van der Waals surface area contributed by atoms with Crippen molar-refractivity contribution in [2.24, 2.45) is 39.8 Å². The fourth-order valence-electron chi connectivity index (χ4n) is 7.01. The number of nitrogens with zero attached hydrogens (tertiary/aromatic N) is 2. The second-order valence-corrected chi connectivity index (χ2v) is 16.9. The molecule has 1 aliphatic heterocycles. The van der Waals surface area contributed by atoms with E-state index in [1.165, 1.54) is 18.7 Å². The van der Waals surface area contributed by atoms with Gasteiger partial charge in [0.25, 0.3) is 0 Å². The van der Waals surface area contributed by atoms with Crippen molar-refractivity contribution in [3.05, 3.63) is 0 Å². The SMILES string of the molecule is CC[C@H](C)[C@H](NC(=O)[C@H](CO)NC(=O)[C@@H]1CCCN1C(=O)[C@H](C)NC(=O)[C@H](CC(C)C)NC(=O)CN)C(=O)N[C@@H](CCCN=C(N)N)C(=O)N[C@H](C(=O)N[C@@H](CCCCN)C(=O)O)[C@@H](C)O. The lowest BCUT2D eigenvalue weighted by atomic mass is 9.97. The van der Waals surface area contributed by atoms with Gasteiger partial charge in [0.2, 0.25) is 47.3 Å². The summed E-state index contributed by atoms with van der Waals surface area (Å²) in [6.07, 6.45) is 0.586. The van der Waals surface area contributed by atoms with Crippen LogP contribution >= 0.6 is 0 Å². The summed E-state index contributed by atoms with van der Waals surface area (Å²) in [5.41, 5.74) is 21.8.